The fraction of sp³-hybridized carbons (Fsp3) is 0.231. The van der Waals surface area contributed by atoms with Crippen molar-refractivity contribution in [1.82, 2.24) is 4.98 Å². The number of halogens is 2. The topological polar surface area (TPSA) is 42.0 Å². The van der Waals surface area contributed by atoms with Gasteiger partial charge in [0.15, 0.2) is 5.13 Å². The van der Waals surface area contributed by atoms with E-state index in [1.165, 1.54) is 17.4 Å². The number of anilines is 1. The summed E-state index contributed by atoms with van der Waals surface area (Å²) in [6.45, 7) is 4.16. The number of aromatic nitrogens is 1. The van der Waals surface area contributed by atoms with Gasteiger partial charge in [-0.1, -0.05) is 37.0 Å². The normalized spacial score (nSPS) is 10.8. The third-order valence-corrected chi connectivity index (χ3v) is 4.45. The van der Waals surface area contributed by atoms with Gasteiger partial charge in [0.05, 0.1) is 10.0 Å². The molecule has 6 heteroatoms. The lowest BCUT2D eigenvalue weighted by Crippen LogP contribution is -2.11. The third kappa shape index (κ3) is 3.47. The first-order valence-corrected chi connectivity index (χ1v) is 7.26. The summed E-state index contributed by atoms with van der Waals surface area (Å²) in [5.74, 6) is 0.149. The molecule has 1 N–H and O–H groups in total. The maximum atomic E-state index is 12.0. The van der Waals surface area contributed by atoms with Gasteiger partial charge in [-0.2, -0.15) is 0 Å². The van der Waals surface area contributed by atoms with Crippen LogP contribution < -0.4 is 5.32 Å². The van der Waals surface area contributed by atoms with Gasteiger partial charge in [-0.05, 0) is 24.1 Å². The number of hydrogen-bond acceptors (Lipinski definition) is 3. The minimum atomic E-state index is -0.247. The van der Waals surface area contributed by atoms with Crippen LogP contribution in [-0.2, 0) is 0 Å². The predicted octanol–water partition coefficient (Wildman–Crippen LogP) is 4.83. The molecule has 0 unspecified atom stereocenters. The molecule has 0 aliphatic carbocycles. The van der Waals surface area contributed by atoms with E-state index in [4.69, 9.17) is 23.2 Å². The molecule has 0 spiro atoms. The fourth-order valence-electron chi connectivity index (χ4n) is 1.42. The molecule has 2 rings (SSSR count). The summed E-state index contributed by atoms with van der Waals surface area (Å²) in [5.41, 5.74) is 0.454. The first kappa shape index (κ1) is 14.3. The highest BCUT2D eigenvalue weighted by molar-refractivity contribution is 7.15. The van der Waals surface area contributed by atoms with Gasteiger partial charge in [0, 0.05) is 16.6 Å². The molecule has 0 aliphatic rings. The molecular formula is C13H12Cl2N2OS. The van der Waals surface area contributed by atoms with E-state index >= 15 is 0 Å². The van der Waals surface area contributed by atoms with Crippen LogP contribution in [0.15, 0.2) is 24.4 Å². The van der Waals surface area contributed by atoms with Crippen molar-refractivity contribution in [2.45, 2.75) is 19.8 Å². The molecule has 0 fully saturated rings. The Balaban J connectivity index is 2.13. The van der Waals surface area contributed by atoms with Crippen LogP contribution in [0.4, 0.5) is 5.13 Å². The summed E-state index contributed by atoms with van der Waals surface area (Å²) in [4.78, 5) is 17.3. The lowest BCUT2D eigenvalue weighted by Gasteiger charge is -2.03. The van der Waals surface area contributed by atoms with Gasteiger partial charge in [0.25, 0.3) is 5.91 Å². The van der Waals surface area contributed by atoms with E-state index in [1.54, 1.807) is 18.3 Å². The Bertz CT molecular complexity index is 610. The van der Waals surface area contributed by atoms with E-state index in [2.05, 4.69) is 24.1 Å². The van der Waals surface area contributed by atoms with Crippen molar-refractivity contribution in [3.63, 3.8) is 0 Å². The number of nitrogens with zero attached hydrogens (tertiary/aromatic N) is 1. The largest absolute Gasteiger partial charge is 0.298 e. The zero-order valence-corrected chi connectivity index (χ0v) is 12.7. The highest BCUT2D eigenvalue weighted by Gasteiger charge is 2.11. The van der Waals surface area contributed by atoms with E-state index in [1.807, 2.05) is 0 Å². The summed E-state index contributed by atoms with van der Waals surface area (Å²) < 4.78 is 0. The Hall–Kier alpha value is -1.10. The molecule has 100 valence electrons. The Labute approximate surface area is 125 Å². The average molecular weight is 315 g/mol. The van der Waals surface area contributed by atoms with Crippen molar-refractivity contribution in [1.29, 1.82) is 0 Å². The highest BCUT2D eigenvalue weighted by atomic mass is 35.5. The number of rotatable bonds is 3. The molecular weight excluding hydrogens is 303 g/mol. The van der Waals surface area contributed by atoms with Gasteiger partial charge in [0.1, 0.15) is 0 Å². The van der Waals surface area contributed by atoms with Gasteiger partial charge >= 0.3 is 0 Å². The smallest absolute Gasteiger partial charge is 0.257 e. The molecule has 1 aromatic carbocycles. The Morgan fingerprint density at radius 2 is 2.05 bits per heavy atom. The van der Waals surface area contributed by atoms with E-state index in [-0.39, 0.29) is 5.91 Å². The predicted molar refractivity (Wildman–Crippen MR) is 80.6 cm³/mol. The number of nitrogens with one attached hydrogen (secondary N) is 1. The quantitative estimate of drug-likeness (QED) is 0.882. The monoisotopic (exact) mass is 314 g/mol. The molecule has 3 nitrogen and oxygen atoms in total. The van der Waals surface area contributed by atoms with Gasteiger partial charge < -0.3 is 0 Å². The minimum Gasteiger partial charge on any atom is -0.298 e. The molecule has 0 bridgehead atoms. The minimum absolute atomic E-state index is 0.247. The Morgan fingerprint density at radius 3 is 2.63 bits per heavy atom. The first-order valence-electron chi connectivity index (χ1n) is 5.69. The van der Waals surface area contributed by atoms with Gasteiger partial charge in [0.2, 0.25) is 0 Å². The summed E-state index contributed by atoms with van der Waals surface area (Å²) in [6.07, 6.45) is 1.78. The molecule has 0 radical (unpaired) electrons. The van der Waals surface area contributed by atoms with Crippen LogP contribution in [0.1, 0.15) is 35.0 Å². The third-order valence-electron chi connectivity index (χ3n) is 2.49. The molecule has 2 aromatic rings. The van der Waals surface area contributed by atoms with Crippen LogP contribution in [0.3, 0.4) is 0 Å². The number of hydrogen-bond donors (Lipinski definition) is 1. The molecule has 1 amide bonds. The van der Waals surface area contributed by atoms with Crippen molar-refractivity contribution in [2.75, 3.05) is 5.32 Å². The first-order chi connectivity index (χ1) is 8.97. The van der Waals surface area contributed by atoms with E-state index in [0.717, 1.165) is 4.88 Å². The van der Waals surface area contributed by atoms with Gasteiger partial charge in [-0.25, -0.2) is 4.98 Å². The van der Waals surface area contributed by atoms with E-state index < -0.39 is 0 Å². The average Bonchev–Trinajstić information content (AvgIpc) is 2.81. The number of benzene rings is 1. The summed E-state index contributed by atoms with van der Waals surface area (Å²) in [7, 11) is 0. The summed E-state index contributed by atoms with van der Waals surface area (Å²) >= 11 is 13.2. The Morgan fingerprint density at radius 1 is 1.32 bits per heavy atom. The highest BCUT2D eigenvalue weighted by Crippen LogP contribution is 2.26. The van der Waals surface area contributed by atoms with Crippen molar-refractivity contribution in [3.8, 4) is 0 Å². The molecule has 1 heterocycles. The zero-order valence-electron chi connectivity index (χ0n) is 10.4. The van der Waals surface area contributed by atoms with Crippen LogP contribution in [0.5, 0.6) is 0 Å². The molecule has 19 heavy (non-hydrogen) atoms. The lowest BCUT2D eigenvalue weighted by atomic mass is 10.2. The van der Waals surface area contributed by atoms with E-state index in [0.29, 0.717) is 26.7 Å². The maximum Gasteiger partial charge on any atom is 0.257 e. The van der Waals surface area contributed by atoms with Crippen molar-refractivity contribution >= 4 is 45.6 Å². The van der Waals surface area contributed by atoms with Crippen LogP contribution >= 0.6 is 34.5 Å². The molecule has 0 saturated heterocycles. The van der Waals surface area contributed by atoms with E-state index in [9.17, 15) is 4.79 Å². The number of carbonyl (C=O) groups excluding carboxylic acids is 1. The van der Waals surface area contributed by atoms with Crippen LogP contribution in [0.2, 0.25) is 10.0 Å². The second-order valence-corrected chi connectivity index (χ2v) is 6.18. The zero-order chi connectivity index (χ0) is 14.0. The fourth-order valence-corrected chi connectivity index (χ4v) is 2.53. The lowest BCUT2D eigenvalue weighted by molar-refractivity contribution is 0.102. The van der Waals surface area contributed by atoms with Crippen molar-refractivity contribution in [3.05, 3.63) is 44.9 Å². The standard InChI is InChI=1S/C13H12Cl2N2OS/c1-7(2)11-6-16-13(19-11)17-12(18)8-3-4-9(14)10(15)5-8/h3-7H,1-2H3,(H,16,17,18). The second kappa shape index (κ2) is 5.90. The van der Waals surface area contributed by atoms with Gasteiger partial charge in [-0.3, -0.25) is 10.1 Å². The van der Waals surface area contributed by atoms with Crippen molar-refractivity contribution in [2.24, 2.45) is 0 Å². The molecule has 1 aromatic heterocycles. The van der Waals surface area contributed by atoms with Gasteiger partial charge in [-0.15, -0.1) is 11.3 Å². The molecule has 0 atom stereocenters. The molecule has 0 saturated carbocycles. The summed E-state index contributed by atoms with van der Waals surface area (Å²) in [5, 5.41) is 4.11. The summed E-state index contributed by atoms with van der Waals surface area (Å²) in [6, 6.07) is 4.76. The molecule has 0 aliphatic heterocycles. The SMILES string of the molecule is CC(C)c1cnc(NC(=O)c2ccc(Cl)c(Cl)c2)s1. The van der Waals surface area contributed by atoms with Crippen LogP contribution in [0, 0.1) is 0 Å². The second-order valence-electron chi connectivity index (χ2n) is 4.31. The Kier molecular flexibility index (Phi) is 4.45. The van der Waals surface area contributed by atoms with Crippen LogP contribution in [0.25, 0.3) is 0 Å². The number of amides is 1. The number of carbonyl (C=O) groups is 1. The number of thiazole rings is 1. The van der Waals surface area contributed by atoms with Crippen molar-refractivity contribution < 1.29 is 4.79 Å². The maximum absolute atomic E-state index is 12.0. The van der Waals surface area contributed by atoms with Crippen LogP contribution in [-0.4, -0.2) is 10.9 Å².